The molecule has 2 N–H and O–H groups in total. The van der Waals surface area contributed by atoms with Crippen molar-refractivity contribution in [1.82, 2.24) is 0 Å². The second-order valence-electron chi connectivity index (χ2n) is 3.29. The summed E-state index contributed by atoms with van der Waals surface area (Å²) in [4.78, 5) is 0. The Morgan fingerprint density at radius 2 is 2.07 bits per heavy atom. The fourth-order valence-corrected chi connectivity index (χ4v) is 1.22. The third-order valence-corrected chi connectivity index (χ3v) is 1.97. The molecule has 0 unspecified atom stereocenters. The third-order valence-electron chi connectivity index (χ3n) is 1.97. The average molecular weight is 215 g/mol. The van der Waals surface area contributed by atoms with Crippen molar-refractivity contribution in [3.63, 3.8) is 0 Å². The highest BCUT2D eigenvalue weighted by Gasteiger charge is 2.32. The quantitative estimate of drug-likeness (QED) is 0.806. The Morgan fingerprint density at radius 1 is 1.40 bits per heavy atom. The predicted octanol–water partition coefficient (Wildman–Crippen LogP) is 2.90. The van der Waals surface area contributed by atoms with Crippen molar-refractivity contribution in [2.45, 2.75) is 13.1 Å². The van der Waals surface area contributed by atoms with Crippen LogP contribution in [-0.2, 0) is 0 Å². The first kappa shape index (κ1) is 11.8. The van der Waals surface area contributed by atoms with Crippen LogP contribution in [0.15, 0.2) is 29.8 Å². The topological polar surface area (TPSA) is 26.0 Å². The summed E-state index contributed by atoms with van der Waals surface area (Å²) in [6.07, 6.45) is -3.27. The summed E-state index contributed by atoms with van der Waals surface area (Å²) < 4.78 is 37.1. The first-order valence-electron chi connectivity index (χ1n) is 4.48. The van der Waals surface area contributed by atoms with Crippen molar-refractivity contribution in [2.75, 3.05) is 6.54 Å². The molecule has 0 amide bonds. The van der Waals surface area contributed by atoms with E-state index < -0.39 is 18.3 Å². The number of aryl methyl sites for hydroxylation is 1. The van der Waals surface area contributed by atoms with Crippen LogP contribution < -0.4 is 5.73 Å². The standard InChI is InChI=1S/C11H12F3N/c1-8-3-2-4-9(5-8)6-10(7-15)11(12,13)14/h2-6H,7,15H2,1H3/b10-6+. The summed E-state index contributed by atoms with van der Waals surface area (Å²) in [5.74, 6) is 0. The van der Waals surface area contributed by atoms with Crippen molar-refractivity contribution >= 4 is 6.08 Å². The molecular formula is C11H12F3N. The van der Waals surface area contributed by atoms with Gasteiger partial charge in [0.15, 0.2) is 0 Å². The van der Waals surface area contributed by atoms with Gasteiger partial charge < -0.3 is 5.73 Å². The Kier molecular flexibility index (Phi) is 3.52. The number of rotatable bonds is 2. The molecule has 0 spiro atoms. The molecule has 0 aliphatic rings. The van der Waals surface area contributed by atoms with Crippen LogP contribution in [-0.4, -0.2) is 12.7 Å². The first-order valence-corrected chi connectivity index (χ1v) is 4.48. The van der Waals surface area contributed by atoms with Gasteiger partial charge in [-0.15, -0.1) is 0 Å². The maximum atomic E-state index is 12.4. The van der Waals surface area contributed by atoms with Crippen LogP contribution in [0.1, 0.15) is 11.1 Å². The molecule has 1 rings (SSSR count). The summed E-state index contributed by atoms with van der Waals surface area (Å²) >= 11 is 0. The molecular weight excluding hydrogens is 203 g/mol. The summed E-state index contributed by atoms with van der Waals surface area (Å²) in [7, 11) is 0. The number of alkyl halides is 3. The summed E-state index contributed by atoms with van der Waals surface area (Å²) in [5, 5.41) is 0. The summed E-state index contributed by atoms with van der Waals surface area (Å²) in [6.45, 7) is 1.32. The number of benzene rings is 1. The molecule has 0 heterocycles. The van der Waals surface area contributed by atoms with Gasteiger partial charge in [0.25, 0.3) is 0 Å². The second kappa shape index (κ2) is 4.49. The Morgan fingerprint density at radius 3 is 2.53 bits per heavy atom. The van der Waals surface area contributed by atoms with Crippen LogP contribution in [0.25, 0.3) is 6.08 Å². The van der Waals surface area contributed by atoms with Gasteiger partial charge in [0, 0.05) is 12.1 Å². The van der Waals surface area contributed by atoms with Crippen LogP contribution in [0, 0.1) is 6.92 Å². The minimum atomic E-state index is -4.35. The van der Waals surface area contributed by atoms with E-state index in [0.717, 1.165) is 11.6 Å². The Bertz CT molecular complexity index is 366. The lowest BCUT2D eigenvalue weighted by Gasteiger charge is -2.09. The third kappa shape index (κ3) is 3.40. The van der Waals surface area contributed by atoms with E-state index in [1.807, 2.05) is 13.0 Å². The van der Waals surface area contributed by atoms with Crippen molar-refractivity contribution in [3.8, 4) is 0 Å². The monoisotopic (exact) mass is 215 g/mol. The van der Waals surface area contributed by atoms with Crippen LogP contribution in [0.2, 0.25) is 0 Å². The van der Waals surface area contributed by atoms with Crippen LogP contribution >= 0.6 is 0 Å². The van der Waals surface area contributed by atoms with Gasteiger partial charge in [0.05, 0.1) is 0 Å². The SMILES string of the molecule is Cc1cccc(/C=C(\CN)C(F)(F)F)c1. The number of hydrogen-bond donors (Lipinski definition) is 1. The summed E-state index contributed by atoms with van der Waals surface area (Å²) in [5.41, 5.74) is 5.78. The molecule has 0 saturated heterocycles. The zero-order valence-electron chi connectivity index (χ0n) is 8.31. The smallest absolute Gasteiger partial charge is 0.326 e. The average Bonchev–Trinajstić information content (AvgIpc) is 2.12. The minimum absolute atomic E-state index is 0.503. The van der Waals surface area contributed by atoms with E-state index in [9.17, 15) is 13.2 Å². The zero-order chi connectivity index (χ0) is 11.5. The van der Waals surface area contributed by atoms with Crippen LogP contribution in [0.3, 0.4) is 0 Å². The van der Waals surface area contributed by atoms with E-state index in [2.05, 4.69) is 0 Å². The molecule has 0 aromatic heterocycles. The number of halogens is 3. The maximum Gasteiger partial charge on any atom is 0.413 e. The lowest BCUT2D eigenvalue weighted by Crippen LogP contribution is -2.19. The molecule has 1 aromatic carbocycles. The highest BCUT2D eigenvalue weighted by atomic mass is 19.4. The maximum absolute atomic E-state index is 12.4. The van der Waals surface area contributed by atoms with Crippen molar-refractivity contribution in [3.05, 3.63) is 41.0 Å². The van der Waals surface area contributed by atoms with Gasteiger partial charge in [0.1, 0.15) is 0 Å². The minimum Gasteiger partial charge on any atom is -0.326 e. The molecule has 82 valence electrons. The normalized spacial score (nSPS) is 13.0. The molecule has 0 aliphatic carbocycles. The molecule has 1 aromatic rings. The van der Waals surface area contributed by atoms with Crippen molar-refractivity contribution in [1.29, 1.82) is 0 Å². The lowest BCUT2D eigenvalue weighted by molar-refractivity contribution is -0.0912. The van der Waals surface area contributed by atoms with Gasteiger partial charge in [-0.3, -0.25) is 0 Å². The molecule has 0 fully saturated rings. The van der Waals surface area contributed by atoms with E-state index in [4.69, 9.17) is 5.73 Å². The molecule has 0 saturated carbocycles. The Labute approximate surface area is 86.4 Å². The first-order chi connectivity index (χ1) is 6.93. The van der Waals surface area contributed by atoms with Gasteiger partial charge in [-0.2, -0.15) is 13.2 Å². The molecule has 0 radical (unpaired) electrons. The van der Waals surface area contributed by atoms with Gasteiger partial charge in [-0.05, 0) is 18.6 Å². The molecule has 1 nitrogen and oxygen atoms in total. The molecule has 0 aliphatic heterocycles. The number of hydrogen-bond acceptors (Lipinski definition) is 1. The van der Waals surface area contributed by atoms with E-state index >= 15 is 0 Å². The van der Waals surface area contributed by atoms with Gasteiger partial charge >= 0.3 is 6.18 Å². The summed E-state index contributed by atoms with van der Waals surface area (Å²) in [6, 6.07) is 6.84. The lowest BCUT2D eigenvalue weighted by atomic mass is 10.1. The van der Waals surface area contributed by atoms with E-state index in [0.29, 0.717) is 5.56 Å². The predicted molar refractivity (Wildman–Crippen MR) is 54.3 cm³/mol. The van der Waals surface area contributed by atoms with Gasteiger partial charge in [-0.1, -0.05) is 29.8 Å². The van der Waals surface area contributed by atoms with E-state index in [1.165, 1.54) is 0 Å². The highest BCUT2D eigenvalue weighted by Crippen LogP contribution is 2.26. The zero-order valence-corrected chi connectivity index (χ0v) is 8.31. The molecule has 15 heavy (non-hydrogen) atoms. The second-order valence-corrected chi connectivity index (χ2v) is 3.29. The Balaban J connectivity index is 3.04. The van der Waals surface area contributed by atoms with Gasteiger partial charge in [-0.25, -0.2) is 0 Å². The number of nitrogens with two attached hydrogens (primary N) is 1. The highest BCUT2D eigenvalue weighted by molar-refractivity contribution is 5.55. The van der Waals surface area contributed by atoms with Crippen LogP contribution in [0.5, 0.6) is 0 Å². The fourth-order valence-electron chi connectivity index (χ4n) is 1.22. The van der Waals surface area contributed by atoms with Crippen molar-refractivity contribution in [2.24, 2.45) is 5.73 Å². The molecule has 4 heteroatoms. The van der Waals surface area contributed by atoms with Crippen LogP contribution in [0.4, 0.5) is 13.2 Å². The largest absolute Gasteiger partial charge is 0.413 e. The van der Waals surface area contributed by atoms with Gasteiger partial charge in [0.2, 0.25) is 0 Å². The van der Waals surface area contributed by atoms with E-state index in [1.54, 1.807) is 18.2 Å². The Hall–Kier alpha value is -1.29. The van der Waals surface area contributed by atoms with Crippen molar-refractivity contribution < 1.29 is 13.2 Å². The van der Waals surface area contributed by atoms with E-state index in [-0.39, 0.29) is 0 Å². The fraction of sp³-hybridized carbons (Fsp3) is 0.273. The molecule has 0 bridgehead atoms. The molecule has 0 atom stereocenters.